The predicted octanol–water partition coefficient (Wildman–Crippen LogP) is 3.69. The highest BCUT2D eigenvalue weighted by molar-refractivity contribution is 7.16. The van der Waals surface area contributed by atoms with Crippen LogP contribution in [0.25, 0.3) is 11.3 Å². The van der Waals surface area contributed by atoms with Crippen LogP contribution in [0.15, 0.2) is 6.20 Å². The van der Waals surface area contributed by atoms with Gasteiger partial charge in [-0.25, -0.2) is 15.0 Å². The van der Waals surface area contributed by atoms with Crippen LogP contribution < -0.4 is 4.90 Å². The molecule has 17 heteroatoms. The summed E-state index contributed by atoms with van der Waals surface area (Å²) in [6, 6.07) is -0.888. The molecule has 1 amide bonds. The lowest BCUT2D eigenvalue weighted by Crippen LogP contribution is -2.56. The molecule has 188 valence electrons. The van der Waals surface area contributed by atoms with E-state index >= 15 is 0 Å². The molecule has 3 rings (SSSR count). The normalized spacial score (nSPS) is 17.9. The lowest BCUT2D eigenvalue weighted by Gasteiger charge is -2.41. The molecule has 3 heterocycles. The number of hydrogen-bond donors (Lipinski definition) is 1. The molecular formula is C17H14F9N5O2S. The monoisotopic (exact) mass is 523 g/mol. The molecule has 0 aliphatic carbocycles. The number of carbonyl (C=O) groups excluding carboxylic acids is 1. The number of nitrogens with zero attached hydrogens (tertiary/aromatic N) is 5. The molecule has 34 heavy (non-hydrogen) atoms. The first-order valence-corrected chi connectivity index (χ1v) is 10.1. The molecule has 1 atom stereocenters. The SMILES string of the molecule is CC(=O)N1CCN(c2sc(C(F)(F)F)nc2-c2cnc(C(F)(F)F)nc2C(F)(F)F)C[C@H]1CO. The van der Waals surface area contributed by atoms with Gasteiger partial charge in [0.1, 0.15) is 10.7 Å². The summed E-state index contributed by atoms with van der Waals surface area (Å²) in [5, 5.41) is 7.58. The van der Waals surface area contributed by atoms with Crippen molar-refractivity contribution >= 4 is 22.2 Å². The van der Waals surface area contributed by atoms with Gasteiger partial charge >= 0.3 is 18.5 Å². The highest BCUT2D eigenvalue weighted by atomic mass is 32.1. The van der Waals surface area contributed by atoms with Crippen molar-refractivity contribution in [1.82, 2.24) is 19.9 Å². The van der Waals surface area contributed by atoms with Gasteiger partial charge in [0.05, 0.1) is 18.2 Å². The van der Waals surface area contributed by atoms with Crippen LogP contribution in [0.2, 0.25) is 0 Å². The number of alkyl halides is 9. The van der Waals surface area contributed by atoms with Crippen molar-refractivity contribution in [1.29, 1.82) is 0 Å². The van der Waals surface area contributed by atoms with E-state index in [4.69, 9.17) is 0 Å². The number of rotatable bonds is 3. The van der Waals surface area contributed by atoms with Gasteiger partial charge in [-0.05, 0) is 0 Å². The van der Waals surface area contributed by atoms with Crippen LogP contribution >= 0.6 is 11.3 Å². The number of hydrogen-bond acceptors (Lipinski definition) is 7. The Kier molecular flexibility index (Phi) is 6.73. The van der Waals surface area contributed by atoms with Crippen molar-refractivity contribution in [2.24, 2.45) is 0 Å². The third kappa shape index (κ3) is 5.18. The van der Waals surface area contributed by atoms with Crippen molar-refractivity contribution in [3.8, 4) is 11.3 Å². The number of halogens is 9. The van der Waals surface area contributed by atoms with Crippen molar-refractivity contribution in [2.75, 3.05) is 31.1 Å². The quantitative estimate of drug-likeness (QED) is 0.619. The van der Waals surface area contributed by atoms with Gasteiger partial charge in [-0.3, -0.25) is 4.79 Å². The summed E-state index contributed by atoms with van der Waals surface area (Å²) in [7, 11) is 0. The fourth-order valence-electron chi connectivity index (χ4n) is 3.34. The summed E-state index contributed by atoms with van der Waals surface area (Å²) in [6.45, 7) is 0.145. The number of amides is 1. The van der Waals surface area contributed by atoms with Gasteiger partial charge < -0.3 is 14.9 Å². The molecule has 1 fully saturated rings. The molecule has 0 radical (unpaired) electrons. The van der Waals surface area contributed by atoms with E-state index in [0.717, 1.165) is 0 Å². The van der Waals surface area contributed by atoms with E-state index in [9.17, 15) is 49.4 Å². The fourth-order valence-corrected chi connectivity index (χ4v) is 4.32. The van der Waals surface area contributed by atoms with Crippen LogP contribution in [-0.4, -0.2) is 63.1 Å². The molecule has 2 aromatic rings. The Morgan fingerprint density at radius 2 is 1.71 bits per heavy atom. The number of aliphatic hydroxyl groups excluding tert-OH is 1. The number of thiazole rings is 1. The number of aromatic nitrogens is 3. The van der Waals surface area contributed by atoms with E-state index in [-0.39, 0.29) is 37.2 Å². The zero-order valence-electron chi connectivity index (χ0n) is 16.9. The molecule has 0 spiro atoms. The molecule has 0 unspecified atom stereocenters. The van der Waals surface area contributed by atoms with E-state index in [0.29, 0.717) is 0 Å². The molecule has 0 bridgehead atoms. The maximum atomic E-state index is 13.6. The van der Waals surface area contributed by atoms with Crippen molar-refractivity contribution in [3.05, 3.63) is 22.7 Å². The van der Waals surface area contributed by atoms with Crippen LogP contribution in [0.5, 0.6) is 0 Å². The first kappa shape index (κ1) is 25.9. The van der Waals surface area contributed by atoms with Gasteiger partial charge in [0, 0.05) is 32.8 Å². The summed E-state index contributed by atoms with van der Waals surface area (Å²) in [6.07, 6.45) is -15.7. The zero-order chi connectivity index (χ0) is 25.6. The molecule has 1 saturated heterocycles. The Morgan fingerprint density at radius 1 is 1.06 bits per heavy atom. The number of piperazine rings is 1. The summed E-state index contributed by atoms with van der Waals surface area (Å²) >= 11 is -0.0214. The number of carbonyl (C=O) groups is 1. The zero-order valence-corrected chi connectivity index (χ0v) is 17.7. The Hall–Kier alpha value is -2.69. The summed E-state index contributed by atoms with van der Waals surface area (Å²) < 4.78 is 119. The van der Waals surface area contributed by atoms with Gasteiger partial charge in [0.15, 0.2) is 5.69 Å². The van der Waals surface area contributed by atoms with Gasteiger partial charge in [-0.2, -0.15) is 39.5 Å². The molecule has 1 aliphatic rings. The van der Waals surface area contributed by atoms with Crippen molar-refractivity contribution in [3.63, 3.8) is 0 Å². The van der Waals surface area contributed by atoms with Gasteiger partial charge in [0.2, 0.25) is 16.7 Å². The first-order chi connectivity index (χ1) is 15.5. The van der Waals surface area contributed by atoms with E-state index in [1.165, 1.54) is 16.7 Å². The molecule has 7 nitrogen and oxygen atoms in total. The van der Waals surface area contributed by atoms with Gasteiger partial charge in [-0.15, -0.1) is 0 Å². The summed E-state index contributed by atoms with van der Waals surface area (Å²) in [5.74, 6) is -2.55. The van der Waals surface area contributed by atoms with Crippen LogP contribution in [0.1, 0.15) is 23.4 Å². The molecule has 0 saturated carbocycles. The Bertz CT molecular complexity index is 1070. The van der Waals surface area contributed by atoms with Crippen LogP contribution in [0.3, 0.4) is 0 Å². The maximum Gasteiger partial charge on any atom is 0.451 e. The second-order valence-electron chi connectivity index (χ2n) is 7.12. The third-order valence-electron chi connectivity index (χ3n) is 4.80. The van der Waals surface area contributed by atoms with Crippen LogP contribution in [-0.2, 0) is 23.3 Å². The standard InChI is InChI=1S/C17H14F9N5O2S/c1-7(33)31-3-2-30(5-8(31)6-32)12-10(28-14(34-12)17(24,25)26)9-4-27-13(16(21,22)23)29-11(9)15(18,19)20/h4,8,32H,2-3,5-6H2,1H3/t8-/m0/s1. The topological polar surface area (TPSA) is 82.5 Å². The lowest BCUT2D eigenvalue weighted by molar-refractivity contribution is -0.152. The molecule has 1 aliphatic heterocycles. The Morgan fingerprint density at radius 3 is 2.21 bits per heavy atom. The lowest BCUT2D eigenvalue weighted by atomic mass is 10.1. The molecular weight excluding hydrogens is 509 g/mol. The number of anilines is 1. The van der Waals surface area contributed by atoms with E-state index < -0.39 is 69.9 Å². The average molecular weight is 523 g/mol. The summed E-state index contributed by atoms with van der Waals surface area (Å²) in [4.78, 5) is 22.8. The van der Waals surface area contributed by atoms with Gasteiger partial charge in [-0.1, -0.05) is 11.3 Å². The number of aliphatic hydroxyl groups is 1. The molecule has 1 N–H and O–H groups in total. The Balaban J connectivity index is 2.18. The highest BCUT2D eigenvalue weighted by Crippen LogP contribution is 2.46. The van der Waals surface area contributed by atoms with Crippen LogP contribution in [0.4, 0.5) is 44.5 Å². The fraction of sp³-hybridized carbons (Fsp3) is 0.529. The highest BCUT2D eigenvalue weighted by Gasteiger charge is 2.44. The van der Waals surface area contributed by atoms with E-state index in [2.05, 4.69) is 15.0 Å². The van der Waals surface area contributed by atoms with E-state index in [1.807, 2.05) is 0 Å². The second-order valence-corrected chi connectivity index (χ2v) is 8.09. The minimum Gasteiger partial charge on any atom is -0.394 e. The third-order valence-corrected chi connectivity index (χ3v) is 5.96. The maximum absolute atomic E-state index is 13.6. The average Bonchev–Trinajstić information content (AvgIpc) is 3.17. The first-order valence-electron chi connectivity index (χ1n) is 9.26. The van der Waals surface area contributed by atoms with Gasteiger partial charge in [0.25, 0.3) is 0 Å². The largest absolute Gasteiger partial charge is 0.451 e. The van der Waals surface area contributed by atoms with Crippen molar-refractivity contribution < 1.29 is 49.4 Å². The minimum atomic E-state index is -5.47. The van der Waals surface area contributed by atoms with Crippen molar-refractivity contribution in [2.45, 2.75) is 31.5 Å². The summed E-state index contributed by atoms with van der Waals surface area (Å²) in [5.41, 5.74) is -4.18. The molecule has 2 aromatic heterocycles. The van der Waals surface area contributed by atoms with Crippen LogP contribution in [0, 0.1) is 0 Å². The smallest absolute Gasteiger partial charge is 0.394 e. The Labute approximate surface area is 188 Å². The molecule has 0 aromatic carbocycles. The minimum absolute atomic E-state index is 0.0214. The predicted molar refractivity (Wildman–Crippen MR) is 98.6 cm³/mol. The van der Waals surface area contributed by atoms with E-state index in [1.54, 1.807) is 0 Å². The second kappa shape index (κ2) is 8.83.